The maximum absolute atomic E-state index is 13.5. The third-order valence-electron chi connectivity index (χ3n) is 7.04. The van der Waals surface area contributed by atoms with Crippen LogP contribution < -0.4 is 15.0 Å². The van der Waals surface area contributed by atoms with Crippen LogP contribution in [0, 0.1) is 0 Å². The van der Waals surface area contributed by atoms with Gasteiger partial charge in [-0.2, -0.15) is 0 Å². The fourth-order valence-corrected chi connectivity index (χ4v) is 5.14. The molecule has 2 aromatic carbocycles. The molecular formula is C28H25ClN4O5. The molecule has 0 saturated carbocycles. The van der Waals surface area contributed by atoms with E-state index in [1.807, 2.05) is 24.3 Å². The molecule has 0 unspecified atom stereocenters. The molecule has 2 saturated heterocycles. The molecule has 2 aliphatic rings. The molecule has 0 radical (unpaired) electrons. The van der Waals surface area contributed by atoms with Crippen molar-refractivity contribution >= 4 is 28.6 Å². The van der Waals surface area contributed by atoms with Gasteiger partial charge in [0.25, 0.3) is 5.56 Å². The zero-order valence-corrected chi connectivity index (χ0v) is 21.4. The zero-order valence-electron chi connectivity index (χ0n) is 20.7. The summed E-state index contributed by atoms with van der Waals surface area (Å²) in [5, 5.41) is 1.10. The van der Waals surface area contributed by atoms with E-state index < -0.39 is 0 Å². The van der Waals surface area contributed by atoms with E-state index in [9.17, 15) is 9.59 Å². The van der Waals surface area contributed by atoms with Crippen molar-refractivity contribution in [3.05, 3.63) is 82.0 Å². The molecule has 2 fully saturated rings. The predicted octanol–water partition coefficient (Wildman–Crippen LogP) is 4.53. The summed E-state index contributed by atoms with van der Waals surface area (Å²) in [6.07, 6.45) is 4.18. The second-order valence-electron chi connectivity index (χ2n) is 9.45. The molecule has 2 aromatic heterocycles. The number of benzene rings is 2. The van der Waals surface area contributed by atoms with Gasteiger partial charge in [0, 0.05) is 47.8 Å². The number of pyridine rings is 1. The number of piperidine rings is 1. The standard InChI is InChI=1S/C28H25ClN4O5/c1-36-26-7-4-18(13-30-26)22-11-24-23(27(34)32(16-31-24)14-17-2-5-19(29)6-3-17)12-25(22)38-21-8-9-33-20(10-21)15-37-28(33)35/h2-7,11-13,16,20-21H,8-10,14-15H2,1H3/t20-,21-/m0/s1. The van der Waals surface area contributed by atoms with Gasteiger partial charge in [-0.25, -0.2) is 14.8 Å². The first-order chi connectivity index (χ1) is 18.5. The third kappa shape index (κ3) is 4.65. The minimum absolute atomic E-state index is 0.00826. The van der Waals surface area contributed by atoms with E-state index in [-0.39, 0.29) is 23.8 Å². The van der Waals surface area contributed by atoms with Crippen LogP contribution in [0.25, 0.3) is 22.0 Å². The lowest BCUT2D eigenvalue weighted by atomic mass is 10.00. The quantitative estimate of drug-likeness (QED) is 0.360. The molecule has 6 rings (SSSR count). The molecule has 0 aliphatic carbocycles. The molecule has 0 bridgehead atoms. The molecule has 10 heteroatoms. The number of aromatic nitrogens is 3. The van der Waals surface area contributed by atoms with E-state index in [1.165, 1.54) is 0 Å². The van der Waals surface area contributed by atoms with Crippen molar-refractivity contribution in [1.82, 2.24) is 19.4 Å². The highest BCUT2D eigenvalue weighted by molar-refractivity contribution is 6.30. The number of amides is 1. The summed E-state index contributed by atoms with van der Waals surface area (Å²) in [5.74, 6) is 1.06. The minimum Gasteiger partial charge on any atom is -0.490 e. The Morgan fingerprint density at radius 3 is 2.71 bits per heavy atom. The van der Waals surface area contributed by atoms with Gasteiger partial charge in [-0.15, -0.1) is 0 Å². The number of ether oxygens (including phenoxy) is 3. The molecule has 194 valence electrons. The summed E-state index contributed by atoms with van der Waals surface area (Å²) in [6.45, 7) is 1.30. The number of fused-ring (bicyclic) bond motifs is 2. The lowest BCUT2D eigenvalue weighted by Crippen LogP contribution is -2.44. The summed E-state index contributed by atoms with van der Waals surface area (Å²) in [5.41, 5.74) is 2.92. The summed E-state index contributed by atoms with van der Waals surface area (Å²) < 4.78 is 18.5. The van der Waals surface area contributed by atoms with Gasteiger partial charge in [0.2, 0.25) is 5.88 Å². The van der Waals surface area contributed by atoms with Crippen LogP contribution in [0.1, 0.15) is 18.4 Å². The number of rotatable bonds is 6. The third-order valence-corrected chi connectivity index (χ3v) is 7.30. The Morgan fingerprint density at radius 1 is 1.11 bits per heavy atom. The molecule has 9 nitrogen and oxygen atoms in total. The van der Waals surface area contributed by atoms with Crippen molar-refractivity contribution in [2.45, 2.75) is 31.5 Å². The average molecular weight is 533 g/mol. The second-order valence-corrected chi connectivity index (χ2v) is 9.88. The van der Waals surface area contributed by atoms with Gasteiger partial charge in [-0.1, -0.05) is 23.7 Å². The number of nitrogens with zero attached hydrogens (tertiary/aromatic N) is 4. The summed E-state index contributed by atoms with van der Waals surface area (Å²) in [4.78, 5) is 36.1. The Bertz CT molecular complexity index is 1560. The normalized spacial score (nSPS) is 18.8. The highest BCUT2D eigenvalue weighted by Gasteiger charge is 2.39. The zero-order chi connectivity index (χ0) is 26.2. The molecule has 1 amide bonds. The molecule has 0 N–H and O–H groups in total. The van der Waals surface area contributed by atoms with Crippen LogP contribution in [-0.4, -0.2) is 57.9 Å². The number of carbonyl (C=O) groups is 1. The van der Waals surface area contributed by atoms with Gasteiger partial charge < -0.3 is 19.1 Å². The van der Waals surface area contributed by atoms with Crippen LogP contribution in [0.3, 0.4) is 0 Å². The fourth-order valence-electron chi connectivity index (χ4n) is 5.02. The highest BCUT2D eigenvalue weighted by atomic mass is 35.5. The smallest absolute Gasteiger partial charge is 0.410 e. The van der Waals surface area contributed by atoms with Crippen molar-refractivity contribution in [3.63, 3.8) is 0 Å². The topological polar surface area (TPSA) is 95.8 Å². The number of hydrogen-bond donors (Lipinski definition) is 0. The number of carbonyl (C=O) groups excluding carboxylic acids is 1. The maximum atomic E-state index is 13.5. The van der Waals surface area contributed by atoms with Crippen molar-refractivity contribution < 1.29 is 19.0 Å². The summed E-state index contributed by atoms with van der Waals surface area (Å²) >= 11 is 6.01. The van der Waals surface area contributed by atoms with E-state index in [4.69, 9.17) is 25.8 Å². The van der Waals surface area contributed by atoms with Crippen molar-refractivity contribution in [2.24, 2.45) is 0 Å². The monoisotopic (exact) mass is 532 g/mol. The Kier molecular flexibility index (Phi) is 6.37. The first-order valence-electron chi connectivity index (χ1n) is 12.4. The number of hydrogen-bond acceptors (Lipinski definition) is 7. The Hall–Kier alpha value is -4.11. The summed E-state index contributed by atoms with van der Waals surface area (Å²) in [7, 11) is 1.56. The van der Waals surface area contributed by atoms with E-state index in [2.05, 4.69) is 9.97 Å². The highest BCUT2D eigenvalue weighted by Crippen LogP contribution is 2.36. The van der Waals surface area contributed by atoms with E-state index in [0.29, 0.717) is 60.1 Å². The molecule has 4 aromatic rings. The SMILES string of the molecule is COc1ccc(-c2cc3ncn(Cc4ccc(Cl)cc4)c(=O)c3cc2O[C@H]2CCN3C(=O)OC[C@@H]3C2)cn1. The van der Waals surface area contributed by atoms with Crippen LogP contribution >= 0.6 is 11.6 Å². The van der Waals surface area contributed by atoms with Crippen molar-refractivity contribution in [3.8, 4) is 22.8 Å². The van der Waals surface area contributed by atoms with Gasteiger partial charge in [-0.3, -0.25) is 9.36 Å². The molecule has 2 aliphatic heterocycles. The van der Waals surface area contributed by atoms with Crippen molar-refractivity contribution in [1.29, 1.82) is 0 Å². The largest absolute Gasteiger partial charge is 0.490 e. The van der Waals surface area contributed by atoms with Gasteiger partial charge in [0.15, 0.2) is 0 Å². The van der Waals surface area contributed by atoms with Gasteiger partial charge in [-0.05, 0) is 35.9 Å². The first kappa shape index (κ1) is 24.2. The Balaban J connectivity index is 1.38. The van der Waals surface area contributed by atoms with Gasteiger partial charge in [0.1, 0.15) is 18.5 Å². The van der Waals surface area contributed by atoms with E-state index in [1.54, 1.807) is 53.4 Å². The van der Waals surface area contributed by atoms with E-state index in [0.717, 1.165) is 16.7 Å². The molecule has 38 heavy (non-hydrogen) atoms. The summed E-state index contributed by atoms with van der Waals surface area (Å²) in [6, 6.07) is 14.7. The lowest BCUT2D eigenvalue weighted by Gasteiger charge is -2.33. The predicted molar refractivity (Wildman–Crippen MR) is 142 cm³/mol. The average Bonchev–Trinajstić information content (AvgIpc) is 3.31. The lowest BCUT2D eigenvalue weighted by molar-refractivity contribution is 0.0941. The van der Waals surface area contributed by atoms with Gasteiger partial charge in [0.05, 0.1) is 36.9 Å². The Morgan fingerprint density at radius 2 is 1.95 bits per heavy atom. The van der Waals surface area contributed by atoms with Crippen molar-refractivity contribution in [2.75, 3.05) is 20.3 Å². The number of methoxy groups -OCH3 is 1. The van der Waals surface area contributed by atoms with Crippen LogP contribution in [0.4, 0.5) is 4.79 Å². The molecule has 0 spiro atoms. The minimum atomic E-state index is -0.267. The first-order valence-corrected chi connectivity index (χ1v) is 12.7. The van der Waals surface area contributed by atoms with E-state index >= 15 is 0 Å². The van der Waals surface area contributed by atoms with Gasteiger partial charge >= 0.3 is 6.09 Å². The molecule has 2 atom stereocenters. The molecule has 4 heterocycles. The second kappa shape index (κ2) is 9.98. The Labute approximate surface area is 223 Å². The number of cyclic esters (lactones) is 1. The molecular weight excluding hydrogens is 508 g/mol. The van der Waals surface area contributed by atoms with Crippen LogP contribution in [0.5, 0.6) is 11.6 Å². The van der Waals surface area contributed by atoms with Crippen LogP contribution in [0.2, 0.25) is 5.02 Å². The maximum Gasteiger partial charge on any atom is 0.410 e. The number of halogens is 1. The van der Waals surface area contributed by atoms with Crippen LogP contribution in [-0.2, 0) is 11.3 Å². The van der Waals surface area contributed by atoms with Crippen LogP contribution in [0.15, 0.2) is 65.8 Å². The fraction of sp³-hybridized carbons (Fsp3) is 0.286.